The van der Waals surface area contributed by atoms with Crippen LogP contribution in [0.4, 0.5) is 0 Å². The lowest BCUT2D eigenvalue weighted by Gasteiger charge is -2.10. The molecular weight excluding hydrogens is 340 g/mol. The summed E-state index contributed by atoms with van der Waals surface area (Å²) >= 11 is 3.19. The van der Waals surface area contributed by atoms with Crippen molar-refractivity contribution < 1.29 is 4.74 Å². The molecule has 2 heterocycles. The van der Waals surface area contributed by atoms with Crippen molar-refractivity contribution in [3.05, 3.63) is 50.6 Å². The predicted octanol–water partition coefficient (Wildman–Crippen LogP) is 4.40. The van der Waals surface area contributed by atoms with E-state index in [1.54, 1.807) is 34.8 Å². The quantitative estimate of drug-likeness (QED) is 0.500. The van der Waals surface area contributed by atoms with E-state index in [1.807, 2.05) is 39.0 Å². The number of hydrogen-bond acceptors (Lipinski definition) is 5. The first kappa shape index (κ1) is 17.0. The molecule has 0 amide bonds. The lowest BCUT2D eigenvalue weighted by atomic mass is 10.2. The minimum atomic E-state index is 0.0671. The van der Waals surface area contributed by atoms with Gasteiger partial charge in [0.05, 0.1) is 12.5 Å². The third kappa shape index (κ3) is 3.08. The van der Waals surface area contributed by atoms with Gasteiger partial charge in [-0.3, -0.25) is 9.36 Å². The van der Waals surface area contributed by atoms with Crippen molar-refractivity contribution >= 4 is 33.3 Å². The molecular formula is C18H20N2O2S2. The van der Waals surface area contributed by atoms with E-state index in [0.717, 1.165) is 42.9 Å². The molecule has 126 valence electrons. The van der Waals surface area contributed by atoms with Crippen LogP contribution in [0.3, 0.4) is 0 Å². The van der Waals surface area contributed by atoms with Crippen molar-refractivity contribution in [1.82, 2.24) is 9.55 Å². The first-order valence-electron chi connectivity index (χ1n) is 7.81. The van der Waals surface area contributed by atoms with Crippen molar-refractivity contribution in [1.29, 1.82) is 0 Å². The zero-order valence-electron chi connectivity index (χ0n) is 14.3. The summed E-state index contributed by atoms with van der Waals surface area (Å²) in [5.41, 5.74) is 2.27. The van der Waals surface area contributed by atoms with Crippen LogP contribution in [-0.2, 0) is 12.3 Å². The first-order chi connectivity index (χ1) is 11.5. The van der Waals surface area contributed by atoms with Crippen molar-refractivity contribution in [2.45, 2.75) is 38.2 Å². The maximum Gasteiger partial charge on any atom is 0.263 e. The summed E-state index contributed by atoms with van der Waals surface area (Å²) in [5, 5.41) is 1.55. The Hall–Kier alpha value is -1.79. The lowest BCUT2D eigenvalue weighted by molar-refractivity contribution is 0.414. The Morgan fingerprint density at radius 1 is 1.33 bits per heavy atom. The molecule has 1 aromatic carbocycles. The molecule has 0 spiro atoms. The van der Waals surface area contributed by atoms with Gasteiger partial charge in [-0.2, -0.15) is 0 Å². The highest BCUT2D eigenvalue weighted by Crippen LogP contribution is 2.29. The maximum atomic E-state index is 12.8. The second kappa shape index (κ2) is 6.99. The Kier molecular flexibility index (Phi) is 4.96. The first-order valence-corrected chi connectivity index (χ1v) is 9.61. The molecule has 4 nitrogen and oxygen atoms in total. The monoisotopic (exact) mass is 360 g/mol. The Morgan fingerprint density at radius 2 is 2.12 bits per heavy atom. The molecule has 0 atom stereocenters. The van der Waals surface area contributed by atoms with Gasteiger partial charge in [-0.1, -0.05) is 23.9 Å². The van der Waals surface area contributed by atoms with Crippen molar-refractivity contribution in [3.63, 3.8) is 0 Å². The smallest absolute Gasteiger partial charge is 0.263 e. The van der Waals surface area contributed by atoms with Crippen LogP contribution in [0, 0.1) is 13.8 Å². The summed E-state index contributed by atoms with van der Waals surface area (Å²) in [7, 11) is 1.66. The normalized spacial score (nSPS) is 11.2. The standard InChI is InChI=1S/C18H20N2O2S2/c1-5-20-17(21)15-11(2)12(3)24-16(15)19-18(20)23-10-13-7-6-8-14(9-13)22-4/h6-9H,5,10H2,1-4H3. The second-order valence-electron chi connectivity index (χ2n) is 5.55. The predicted molar refractivity (Wildman–Crippen MR) is 102 cm³/mol. The van der Waals surface area contributed by atoms with Gasteiger partial charge in [-0.15, -0.1) is 11.3 Å². The van der Waals surface area contributed by atoms with E-state index >= 15 is 0 Å². The SMILES string of the molecule is CCn1c(SCc2cccc(OC)c2)nc2sc(C)c(C)c2c1=O. The van der Waals surface area contributed by atoms with Gasteiger partial charge in [0.15, 0.2) is 5.16 Å². The number of benzene rings is 1. The molecule has 6 heteroatoms. The molecule has 0 saturated heterocycles. The molecule has 0 aliphatic carbocycles. The van der Waals surface area contributed by atoms with Gasteiger partial charge in [-0.25, -0.2) is 4.98 Å². The average molecular weight is 361 g/mol. The fourth-order valence-corrected chi connectivity index (χ4v) is 4.68. The number of thiophene rings is 1. The fourth-order valence-electron chi connectivity index (χ4n) is 2.61. The van der Waals surface area contributed by atoms with Crippen LogP contribution >= 0.6 is 23.1 Å². The zero-order chi connectivity index (χ0) is 17.3. The Morgan fingerprint density at radius 3 is 2.83 bits per heavy atom. The summed E-state index contributed by atoms with van der Waals surface area (Å²) in [5.74, 6) is 1.59. The molecule has 0 N–H and O–H groups in total. The third-order valence-corrected chi connectivity index (χ3v) is 6.22. The highest BCUT2D eigenvalue weighted by Gasteiger charge is 2.16. The maximum absolute atomic E-state index is 12.8. The van der Waals surface area contributed by atoms with E-state index in [4.69, 9.17) is 9.72 Å². The number of methoxy groups -OCH3 is 1. The molecule has 0 unspecified atom stereocenters. The third-order valence-electron chi connectivity index (χ3n) is 4.07. The molecule has 0 saturated carbocycles. The van der Waals surface area contributed by atoms with Crippen LogP contribution in [0.5, 0.6) is 5.75 Å². The summed E-state index contributed by atoms with van der Waals surface area (Å²) in [6.45, 7) is 6.65. The van der Waals surface area contributed by atoms with E-state index in [0.29, 0.717) is 6.54 Å². The van der Waals surface area contributed by atoms with Crippen LogP contribution in [0.1, 0.15) is 22.9 Å². The number of ether oxygens (including phenoxy) is 1. The number of rotatable bonds is 5. The molecule has 0 bridgehead atoms. The van der Waals surface area contributed by atoms with Gasteiger partial charge in [0, 0.05) is 17.2 Å². The molecule has 2 aromatic heterocycles. The van der Waals surface area contributed by atoms with Crippen LogP contribution in [0.2, 0.25) is 0 Å². The lowest BCUT2D eigenvalue weighted by Crippen LogP contribution is -2.22. The van der Waals surface area contributed by atoms with Crippen LogP contribution in [-0.4, -0.2) is 16.7 Å². The number of fused-ring (bicyclic) bond motifs is 1. The van der Waals surface area contributed by atoms with Gasteiger partial charge in [0.1, 0.15) is 10.6 Å². The van der Waals surface area contributed by atoms with E-state index in [9.17, 15) is 4.79 Å². The van der Waals surface area contributed by atoms with Gasteiger partial charge in [0.2, 0.25) is 0 Å². The molecule has 0 aliphatic heterocycles. The number of thioether (sulfide) groups is 1. The van der Waals surface area contributed by atoms with E-state index in [1.165, 1.54) is 0 Å². The highest BCUT2D eigenvalue weighted by atomic mass is 32.2. The molecule has 0 aliphatic rings. The van der Waals surface area contributed by atoms with E-state index < -0.39 is 0 Å². The molecule has 24 heavy (non-hydrogen) atoms. The summed E-state index contributed by atoms with van der Waals surface area (Å²) < 4.78 is 7.04. The average Bonchev–Trinajstić information content (AvgIpc) is 2.87. The second-order valence-corrected chi connectivity index (χ2v) is 7.69. The topological polar surface area (TPSA) is 44.1 Å². The van der Waals surface area contributed by atoms with Crippen molar-refractivity contribution in [2.75, 3.05) is 7.11 Å². The minimum absolute atomic E-state index is 0.0671. The highest BCUT2D eigenvalue weighted by molar-refractivity contribution is 7.98. The summed E-state index contributed by atoms with van der Waals surface area (Å²) in [6.07, 6.45) is 0. The van der Waals surface area contributed by atoms with Crippen molar-refractivity contribution in [3.8, 4) is 5.75 Å². The Labute approximate surface area is 149 Å². The van der Waals surface area contributed by atoms with Gasteiger partial charge in [-0.05, 0) is 44.0 Å². The Balaban J connectivity index is 1.98. The number of aromatic nitrogens is 2. The molecule has 3 aromatic rings. The van der Waals surface area contributed by atoms with Crippen LogP contribution in [0.25, 0.3) is 10.2 Å². The number of nitrogens with zero attached hydrogens (tertiary/aromatic N) is 2. The summed E-state index contributed by atoms with van der Waals surface area (Å²) in [6, 6.07) is 7.98. The van der Waals surface area contributed by atoms with Gasteiger partial charge < -0.3 is 4.74 Å². The number of hydrogen-bond donors (Lipinski definition) is 0. The number of aryl methyl sites for hydroxylation is 2. The molecule has 3 rings (SSSR count). The minimum Gasteiger partial charge on any atom is -0.497 e. The van der Waals surface area contributed by atoms with Crippen molar-refractivity contribution in [2.24, 2.45) is 0 Å². The van der Waals surface area contributed by atoms with Gasteiger partial charge >= 0.3 is 0 Å². The molecule has 0 fully saturated rings. The van der Waals surface area contributed by atoms with Crippen LogP contribution in [0.15, 0.2) is 34.2 Å². The van der Waals surface area contributed by atoms with E-state index in [-0.39, 0.29) is 5.56 Å². The Bertz CT molecular complexity index is 944. The van der Waals surface area contributed by atoms with E-state index in [2.05, 4.69) is 6.07 Å². The van der Waals surface area contributed by atoms with Gasteiger partial charge in [0.25, 0.3) is 5.56 Å². The van der Waals surface area contributed by atoms with Crippen LogP contribution < -0.4 is 10.3 Å². The summed E-state index contributed by atoms with van der Waals surface area (Å²) in [4.78, 5) is 19.6. The fraction of sp³-hybridized carbons (Fsp3) is 0.333. The zero-order valence-corrected chi connectivity index (χ0v) is 15.9. The molecule has 0 radical (unpaired) electrons. The largest absolute Gasteiger partial charge is 0.497 e.